The second-order valence-electron chi connectivity index (χ2n) is 5.71. The van der Waals surface area contributed by atoms with Gasteiger partial charge in [-0.15, -0.1) is 0 Å². The number of nitrogens with zero attached hydrogens (tertiary/aromatic N) is 1. The lowest BCUT2D eigenvalue weighted by Gasteiger charge is -2.21. The summed E-state index contributed by atoms with van der Waals surface area (Å²) in [5.74, 6) is -0.326. The van der Waals surface area contributed by atoms with Crippen LogP contribution in [-0.4, -0.2) is 18.4 Å². The van der Waals surface area contributed by atoms with Crippen molar-refractivity contribution in [1.29, 1.82) is 0 Å². The topological polar surface area (TPSA) is 49.4 Å². The molecule has 0 bridgehead atoms. The Kier molecular flexibility index (Phi) is 5.52. The first-order chi connectivity index (χ1) is 11.0. The molecule has 0 atom stereocenters. The molecule has 0 aliphatic carbocycles. The molecular weight excluding hydrogens is 288 g/mol. The number of nitrogens with one attached hydrogen (secondary N) is 1. The zero-order valence-electron chi connectivity index (χ0n) is 13.8. The summed E-state index contributed by atoms with van der Waals surface area (Å²) >= 11 is 0. The number of benzene rings is 2. The third-order valence-electron chi connectivity index (χ3n) is 3.53. The van der Waals surface area contributed by atoms with E-state index in [0.717, 1.165) is 22.4 Å². The standard InChI is InChI=1S/C19H22N2O2/c1-14-9-15(2)11-18(10-14)21(16(3)22)13-19(23)20-12-17-7-5-4-6-8-17/h4-11H,12-13H2,1-3H3,(H,20,23). The van der Waals surface area contributed by atoms with Crippen LogP contribution < -0.4 is 10.2 Å². The van der Waals surface area contributed by atoms with E-state index in [1.54, 1.807) is 0 Å². The lowest BCUT2D eigenvalue weighted by Crippen LogP contribution is -2.39. The highest BCUT2D eigenvalue weighted by Gasteiger charge is 2.16. The second-order valence-corrected chi connectivity index (χ2v) is 5.71. The summed E-state index contributed by atoms with van der Waals surface area (Å²) in [7, 11) is 0. The predicted molar refractivity (Wildman–Crippen MR) is 92.2 cm³/mol. The van der Waals surface area contributed by atoms with Gasteiger partial charge in [-0.25, -0.2) is 0 Å². The molecule has 4 heteroatoms. The van der Waals surface area contributed by atoms with Gasteiger partial charge in [0.1, 0.15) is 6.54 Å². The molecule has 0 saturated heterocycles. The van der Waals surface area contributed by atoms with Crippen molar-refractivity contribution in [2.24, 2.45) is 0 Å². The molecule has 2 amide bonds. The fourth-order valence-electron chi connectivity index (χ4n) is 2.49. The van der Waals surface area contributed by atoms with Crippen LogP contribution in [0.2, 0.25) is 0 Å². The monoisotopic (exact) mass is 310 g/mol. The number of carbonyl (C=O) groups is 2. The van der Waals surface area contributed by atoms with Gasteiger partial charge < -0.3 is 10.2 Å². The van der Waals surface area contributed by atoms with E-state index in [0.29, 0.717) is 6.54 Å². The number of hydrogen-bond donors (Lipinski definition) is 1. The average Bonchev–Trinajstić information content (AvgIpc) is 2.50. The molecule has 1 N–H and O–H groups in total. The Labute approximate surface area is 137 Å². The number of amides is 2. The Bertz CT molecular complexity index is 676. The largest absolute Gasteiger partial charge is 0.350 e. The molecule has 2 aromatic rings. The Morgan fingerprint density at radius 3 is 2.17 bits per heavy atom. The van der Waals surface area contributed by atoms with Crippen molar-refractivity contribution in [2.45, 2.75) is 27.3 Å². The fraction of sp³-hybridized carbons (Fsp3) is 0.263. The number of rotatable bonds is 5. The number of carbonyl (C=O) groups excluding carboxylic acids is 2. The molecule has 0 heterocycles. The van der Waals surface area contributed by atoms with E-state index < -0.39 is 0 Å². The molecule has 0 spiro atoms. The van der Waals surface area contributed by atoms with E-state index >= 15 is 0 Å². The highest BCUT2D eigenvalue weighted by atomic mass is 16.2. The minimum Gasteiger partial charge on any atom is -0.350 e. The Morgan fingerprint density at radius 1 is 1.00 bits per heavy atom. The van der Waals surface area contributed by atoms with Crippen LogP contribution in [0, 0.1) is 13.8 Å². The Morgan fingerprint density at radius 2 is 1.61 bits per heavy atom. The lowest BCUT2D eigenvalue weighted by molar-refractivity contribution is -0.123. The molecule has 0 radical (unpaired) electrons. The van der Waals surface area contributed by atoms with Gasteiger partial charge in [-0.2, -0.15) is 0 Å². The van der Waals surface area contributed by atoms with Crippen LogP contribution >= 0.6 is 0 Å². The third kappa shape index (κ3) is 4.95. The quantitative estimate of drug-likeness (QED) is 0.923. The van der Waals surface area contributed by atoms with Gasteiger partial charge in [-0.05, 0) is 42.7 Å². The van der Waals surface area contributed by atoms with Gasteiger partial charge >= 0.3 is 0 Å². The maximum Gasteiger partial charge on any atom is 0.240 e. The van der Waals surface area contributed by atoms with E-state index in [1.807, 2.05) is 62.4 Å². The smallest absolute Gasteiger partial charge is 0.240 e. The van der Waals surface area contributed by atoms with Crippen LogP contribution in [0.4, 0.5) is 5.69 Å². The molecule has 120 valence electrons. The van der Waals surface area contributed by atoms with Crippen molar-refractivity contribution in [3.63, 3.8) is 0 Å². The third-order valence-corrected chi connectivity index (χ3v) is 3.53. The van der Waals surface area contributed by atoms with E-state index in [2.05, 4.69) is 5.32 Å². The molecule has 4 nitrogen and oxygen atoms in total. The minimum absolute atomic E-state index is 0.0189. The first kappa shape index (κ1) is 16.7. The lowest BCUT2D eigenvalue weighted by atomic mass is 10.1. The summed E-state index contributed by atoms with van der Waals surface area (Å²) in [4.78, 5) is 25.6. The van der Waals surface area contributed by atoms with Crippen molar-refractivity contribution in [1.82, 2.24) is 5.32 Å². The molecule has 23 heavy (non-hydrogen) atoms. The number of aryl methyl sites for hydroxylation is 2. The molecule has 2 rings (SSSR count). The highest BCUT2D eigenvalue weighted by Crippen LogP contribution is 2.18. The van der Waals surface area contributed by atoms with Crippen LogP contribution in [-0.2, 0) is 16.1 Å². The number of anilines is 1. The second kappa shape index (κ2) is 7.58. The summed E-state index contributed by atoms with van der Waals surface area (Å²) in [6, 6.07) is 15.6. The maximum absolute atomic E-state index is 12.2. The van der Waals surface area contributed by atoms with E-state index in [4.69, 9.17) is 0 Å². The molecule has 0 aromatic heterocycles. The van der Waals surface area contributed by atoms with Gasteiger partial charge in [0.25, 0.3) is 0 Å². The molecule has 0 aliphatic rings. The molecular formula is C19H22N2O2. The zero-order valence-corrected chi connectivity index (χ0v) is 13.8. The van der Waals surface area contributed by atoms with Gasteiger partial charge in [0.2, 0.25) is 11.8 Å². The minimum atomic E-state index is -0.178. The summed E-state index contributed by atoms with van der Waals surface area (Å²) in [6.07, 6.45) is 0. The number of hydrogen-bond acceptors (Lipinski definition) is 2. The maximum atomic E-state index is 12.2. The van der Waals surface area contributed by atoms with E-state index in [9.17, 15) is 9.59 Å². The van der Waals surface area contributed by atoms with Crippen molar-refractivity contribution in [3.8, 4) is 0 Å². The van der Waals surface area contributed by atoms with Crippen molar-refractivity contribution < 1.29 is 9.59 Å². The SMILES string of the molecule is CC(=O)N(CC(=O)NCc1ccccc1)c1cc(C)cc(C)c1. The Hall–Kier alpha value is -2.62. The predicted octanol–water partition coefficient (Wildman–Crippen LogP) is 2.97. The van der Waals surface area contributed by atoms with Crippen molar-refractivity contribution in [2.75, 3.05) is 11.4 Å². The van der Waals surface area contributed by atoms with E-state index in [-0.39, 0.29) is 18.4 Å². The van der Waals surface area contributed by atoms with Crippen LogP contribution in [0.3, 0.4) is 0 Å². The van der Waals surface area contributed by atoms with Crippen LogP contribution in [0.25, 0.3) is 0 Å². The molecule has 0 aliphatic heterocycles. The summed E-state index contributed by atoms with van der Waals surface area (Å²) in [5, 5.41) is 2.85. The molecule has 0 fully saturated rings. The first-order valence-electron chi connectivity index (χ1n) is 7.63. The fourth-order valence-corrected chi connectivity index (χ4v) is 2.49. The van der Waals surface area contributed by atoms with Gasteiger partial charge in [0.15, 0.2) is 0 Å². The van der Waals surface area contributed by atoms with Gasteiger partial charge in [0.05, 0.1) is 0 Å². The zero-order chi connectivity index (χ0) is 16.8. The van der Waals surface area contributed by atoms with Crippen molar-refractivity contribution >= 4 is 17.5 Å². The highest BCUT2D eigenvalue weighted by molar-refractivity contribution is 5.97. The molecule has 0 saturated carbocycles. The van der Waals surface area contributed by atoms with Gasteiger partial charge in [-0.3, -0.25) is 9.59 Å². The molecule has 2 aromatic carbocycles. The van der Waals surface area contributed by atoms with Crippen molar-refractivity contribution in [3.05, 3.63) is 65.2 Å². The summed E-state index contributed by atoms with van der Waals surface area (Å²) in [6.45, 7) is 5.90. The van der Waals surface area contributed by atoms with Crippen LogP contribution in [0.5, 0.6) is 0 Å². The van der Waals surface area contributed by atoms with E-state index in [1.165, 1.54) is 11.8 Å². The average molecular weight is 310 g/mol. The van der Waals surface area contributed by atoms with Gasteiger partial charge in [-0.1, -0.05) is 36.4 Å². The van der Waals surface area contributed by atoms with Gasteiger partial charge in [0, 0.05) is 19.2 Å². The summed E-state index contributed by atoms with van der Waals surface area (Å²) < 4.78 is 0. The first-order valence-corrected chi connectivity index (χ1v) is 7.63. The summed E-state index contributed by atoms with van der Waals surface area (Å²) in [5.41, 5.74) is 3.92. The Balaban J connectivity index is 2.04. The molecule has 0 unspecified atom stereocenters. The van der Waals surface area contributed by atoms with Crippen LogP contribution in [0.1, 0.15) is 23.6 Å². The van der Waals surface area contributed by atoms with Crippen LogP contribution in [0.15, 0.2) is 48.5 Å². The normalized spacial score (nSPS) is 10.2.